The number of aryl methyl sites for hydroxylation is 2. The Morgan fingerprint density at radius 1 is 1.27 bits per heavy atom. The summed E-state index contributed by atoms with van der Waals surface area (Å²) in [6, 6.07) is 7.35. The van der Waals surface area contributed by atoms with Crippen LogP contribution in [0.15, 0.2) is 12.1 Å². The molecule has 0 fully saturated rings. The Hall–Kier alpha value is -0.780. The third-order valence-electron chi connectivity index (χ3n) is 2.04. The Kier molecular flexibility index (Phi) is 2.33. The Bertz CT molecular complexity index is 226. The molecule has 0 amide bonds. The molecule has 0 unspecified atom stereocenters. The number of benzene rings is 1. The Morgan fingerprint density at radius 2 is 1.91 bits per heavy atom. The molecule has 0 atom stereocenters. The van der Waals surface area contributed by atoms with Crippen LogP contribution in [0.25, 0.3) is 0 Å². The van der Waals surface area contributed by atoms with Crippen molar-refractivity contribution in [1.29, 1.82) is 0 Å². The van der Waals surface area contributed by atoms with Crippen molar-refractivity contribution in [3.63, 3.8) is 0 Å². The van der Waals surface area contributed by atoms with Gasteiger partial charge in [-0.2, -0.15) is 0 Å². The van der Waals surface area contributed by atoms with Gasteiger partial charge in [-0.25, -0.2) is 0 Å². The standard InChI is InChI=1S/C11H15/c1-8(2)11-9(3)6-5-7-10(11)4/h5-6,8H,1-4H3. The molecule has 0 bridgehead atoms. The Morgan fingerprint density at radius 3 is 2.27 bits per heavy atom. The monoisotopic (exact) mass is 147 g/mol. The fraction of sp³-hybridized carbons (Fsp3) is 0.455. The molecule has 0 aliphatic rings. The van der Waals surface area contributed by atoms with Crippen molar-refractivity contribution in [2.24, 2.45) is 0 Å². The second kappa shape index (κ2) is 3.08. The van der Waals surface area contributed by atoms with Crippen molar-refractivity contribution in [2.75, 3.05) is 0 Å². The number of rotatable bonds is 1. The van der Waals surface area contributed by atoms with Gasteiger partial charge in [-0.05, 0) is 42.5 Å². The van der Waals surface area contributed by atoms with E-state index in [-0.39, 0.29) is 0 Å². The average Bonchev–Trinajstić information content (AvgIpc) is 1.85. The van der Waals surface area contributed by atoms with E-state index in [9.17, 15) is 0 Å². The van der Waals surface area contributed by atoms with Gasteiger partial charge in [-0.3, -0.25) is 0 Å². The van der Waals surface area contributed by atoms with Crippen molar-refractivity contribution >= 4 is 0 Å². The van der Waals surface area contributed by atoms with Crippen LogP contribution in [0.5, 0.6) is 0 Å². The Balaban J connectivity index is 3.21. The van der Waals surface area contributed by atoms with Crippen LogP contribution in [0.4, 0.5) is 0 Å². The molecule has 11 heavy (non-hydrogen) atoms. The summed E-state index contributed by atoms with van der Waals surface area (Å²) in [6.45, 7) is 8.74. The molecule has 0 aromatic heterocycles. The van der Waals surface area contributed by atoms with Crippen LogP contribution in [0, 0.1) is 19.9 Å². The van der Waals surface area contributed by atoms with Gasteiger partial charge in [0, 0.05) is 0 Å². The molecule has 1 aromatic rings. The molecule has 0 aliphatic carbocycles. The van der Waals surface area contributed by atoms with E-state index in [0.717, 1.165) is 0 Å². The smallest absolute Gasteiger partial charge is 0.0149 e. The highest BCUT2D eigenvalue weighted by molar-refractivity contribution is 5.34. The van der Waals surface area contributed by atoms with Gasteiger partial charge in [0.2, 0.25) is 0 Å². The van der Waals surface area contributed by atoms with Crippen molar-refractivity contribution in [3.8, 4) is 0 Å². The SMILES string of the molecule is Cc1[c]ccc(C)c1C(C)C. The topological polar surface area (TPSA) is 0 Å². The van der Waals surface area contributed by atoms with Crippen molar-refractivity contribution in [3.05, 3.63) is 34.9 Å². The Labute approximate surface area is 69.3 Å². The summed E-state index contributed by atoms with van der Waals surface area (Å²) >= 11 is 0. The van der Waals surface area contributed by atoms with Crippen LogP contribution in [0.1, 0.15) is 36.5 Å². The van der Waals surface area contributed by atoms with Crippen LogP contribution in [-0.4, -0.2) is 0 Å². The summed E-state index contributed by atoms with van der Waals surface area (Å²) in [7, 11) is 0. The summed E-state index contributed by atoms with van der Waals surface area (Å²) in [4.78, 5) is 0. The maximum atomic E-state index is 3.22. The minimum absolute atomic E-state index is 0.618. The van der Waals surface area contributed by atoms with Gasteiger partial charge >= 0.3 is 0 Å². The van der Waals surface area contributed by atoms with Crippen LogP contribution in [0.3, 0.4) is 0 Å². The second-order valence-corrected chi connectivity index (χ2v) is 3.35. The van der Waals surface area contributed by atoms with Crippen LogP contribution in [0.2, 0.25) is 0 Å². The van der Waals surface area contributed by atoms with Crippen LogP contribution in [-0.2, 0) is 0 Å². The van der Waals surface area contributed by atoms with Crippen molar-refractivity contribution in [1.82, 2.24) is 0 Å². The zero-order chi connectivity index (χ0) is 8.43. The van der Waals surface area contributed by atoms with E-state index in [1.165, 1.54) is 16.7 Å². The minimum atomic E-state index is 0.618. The number of hydrogen-bond donors (Lipinski definition) is 0. The number of hydrogen-bond acceptors (Lipinski definition) is 0. The first-order valence-corrected chi connectivity index (χ1v) is 4.10. The summed E-state index contributed by atoms with van der Waals surface area (Å²) in [5, 5.41) is 0. The normalized spacial score (nSPS) is 10.6. The van der Waals surface area contributed by atoms with Gasteiger partial charge in [-0.1, -0.05) is 26.0 Å². The van der Waals surface area contributed by atoms with Gasteiger partial charge in [0.15, 0.2) is 0 Å². The molecule has 1 aromatic carbocycles. The lowest BCUT2D eigenvalue weighted by molar-refractivity contribution is 0.846. The van der Waals surface area contributed by atoms with Crippen molar-refractivity contribution < 1.29 is 0 Å². The fourth-order valence-electron chi connectivity index (χ4n) is 1.64. The van der Waals surface area contributed by atoms with Gasteiger partial charge in [-0.15, -0.1) is 0 Å². The average molecular weight is 147 g/mol. The maximum Gasteiger partial charge on any atom is -0.0149 e. The molecule has 0 N–H and O–H groups in total. The van der Waals surface area contributed by atoms with Gasteiger partial charge < -0.3 is 0 Å². The predicted octanol–water partition coefficient (Wildman–Crippen LogP) is 3.23. The van der Waals surface area contributed by atoms with E-state index >= 15 is 0 Å². The van der Waals surface area contributed by atoms with Gasteiger partial charge in [0.05, 0.1) is 0 Å². The predicted molar refractivity (Wildman–Crippen MR) is 48.8 cm³/mol. The van der Waals surface area contributed by atoms with E-state index in [2.05, 4.69) is 39.8 Å². The van der Waals surface area contributed by atoms with E-state index in [4.69, 9.17) is 0 Å². The molecule has 1 radical (unpaired) electrons. The molecule has 59 valence electrons. The quantitative estimate of drug-likeness (QED) is 0.572. The first kappa shape index (κ1) is 8.32. The third kappa shape index (κ3) is 1.62. The molecule has 0 aliphatic heterocycles. The zero-order valence-corrected chi connectivity index (χ0v) is 7.73. The van der Waals surface area contributed by atoms with Crippen LogP contribution >= 0.6 is 0 Å². The lowest BCUT2D eigenvalue weighted by atomic mass is 9.94. The summed E-state index contributed by atoms with van der Waals surface area (Å²) < 4.78 is 0. The van der Waals surface area contributed by atoms with E-state index in [1.54, 1.807) is 0 Å². The minimum Gasteiger partial charge on any atom is -0.0587 e. The summed E-state index contributed by atoms with van der Waals surface area (Å²) in [5.41, 5.74) is 4.13. The maximum absolute atomic E-state index is 3.22. The largest absolute Gasteiger partial charge is 0.0587 e. The molecule has 0 spiro atoms. The lowest BCUT2D eigenvalue weighted by Gasteiger charge is -2.11. The highest BCUT2D eigenvalue weighted by Crippen LogP contribution is 2.21. The molecule has 0 heterocycles. The first-order chi connectivity index (χ1) is 5.13. The first-order valence-electron chi connectivity index (χ1n) is 4.10. The molecule has 0 saturated carbocycles. The zero-order valence-electron chi connectivity index (χ0n) is 7.73. The van der Waals surface area contributed by atoms with Gasteiger partial charge in [0.1, 0.15) is 0 Å². The van der Waals surface area contributed by atoms with Crippen molar-refractivity contribution in [2.45, 2.75) is 33.6 Å². The highest BCUT2D eigenvalue weighted by atomic mass is 14.1. The molecule has 0 heteroatoms. The summed E-state index contributed by atoms with van der Waals surface area (Å²) in [5.74, 6) is 0.618. The second-order valence-electron chi connectivity index (χ2n) is 3.35. The van der Waals surface area contributed by atoms with E-state index in [0.29, 0.717) is 5.92 Å². The molecule has 0 saturated heterocycles. The molecule has 0 nitrogen and oxygen atoms in total. The summed E-state index contributed by atoms with van der Waals surface area (Å²) in [6.07, 6.45) is 0. The molecule has 1 rings (SSSR count). The fourth-order valence-corrected chi connectivity index (χ4v) is 1.64. The van der Waals surface area contributed by atoms with Crippen LogP contribution < -0.4 is 0 Å². The van der Waals surface area contributed by atoms with E-state index < -0.39 is 0 Å². The van der Waals surface area contributed by atoms with Gasteiger partial charge in [0.25, 0.3) is 0 Å². The molecular formula is C11H15. The van der Waals surface area contributed by atoms with E-state index in [1.807, 2.05) is 6.07 Å². The third-order valence-corrected chi connectivity index (χ3v) is 2.04. The highest BCUT2D eigenvalue weighted by Gasteiger charge is 2.04. The molecular weight excluding hydrogens is 132 g/mol. The lowest BCUT2D eigenvalue weighted by Crippen LogP contribution is -1.95.